The summed E-state index contributed by atoms with van der Waals surface area (Å²) in [6.45, 7) is 13.9. The number of likely N-dealkylation sites (tertiary alicyclic amines) is 1. The first-order valence-electron chi connectivity index (χ1n) is 9.67. The van der Waals surface area contributed by atoms with E-state index in [1.807, 2.05) is 7.05 Å². The van der Waals surface area contributed by atoms with Crippen LogP contribution >= 0.6 is 0 Å². The van der Waals surface area contributed by atoms with Gasteiger partial charge in [-0.3, -0.25) is 14.8 Å². The molecule has 140 valence electrons. The maximum Gasteiger partial charge on any atom is 0.191 e. The van der Waals surface area contributed by atoms with E-state index in [2.05, 4.69) is 39.3 Å². The van der Waals surface area contributed by atoms with Gasteiger partial charge in [-0.2, -0.15) is 0 Å². The Bertz CT molecular complexity index is 362. The van der Waals surface area contributed by atoms with Gasteiger partial charge in [0.25, 0.3) is 0 Å². The molecule has 6 nitrogen and oxygen atoms in total. The zero-order valence-corrected chi connectivity index (χ0v) is 15.9. The standard InChI is InChI=1S/C18H37N5O/c1-16(2)14-17(23-7-4-5-8-23)15-21-18(19-3)20-6-9-22-10-12-24-13-11-22/h16-17H,4-15H2,1-3H3,(H2,19,20,21). The van der Waals surface area contributed by atoms with Crippen LogP contribution in [0.1, 0.15) is 33.1 Å². The largest absolute Gasteiger partial charge is 0.379 e. The van der Waals surface area contributed by atoms with Gasteiger partial charge in [0.05, 0.1) is 13.2 Å². The number of nitrogens with zero attached hydrogens (tertiary/aromatic N) is 3. The smallest absolute Gasteiger partial charge is 0.191 e. The molecular formula is C18H37N5O. The average molecular weight is 340 g/mol. The molecule has 6 heteroatoms. The van der Waals surface area contributed by atoms with E-state index in [0.717, 1.165) is 57.8 Å². The molecule has 24 heavy (non-hydrogen) atoms. The molecule has 2 rings (SSSR count). The third-order valence-electron chi connectivity index (χ3n) is 4.95. The maximum atomic E-state index is 5.39. The van der Waals surface area contributed by atoms with Gasteiger partial charge >= 0.3 is 0 Å². The van der Waals surface area contributed by atoms with Crippen molar-refractivity contribution in [2.24, 2.45) is 10.9 Å². The molecule has 0 aromatic rings. The average Bonchev–Trinajstić information content (AvgIpc) is 3.11. The predicted molar refractivity (Wildman–Crippen MR) is 101 cm³/mol. The van der Waals surface area contributed by atoms with E-state index in [4.69, 9.17) is 4.74 Å². The summed E-state index contributed by atoms with van der Waals surface area (Å²) in [5.74, 6) is 1.66. The zero-order valence-electron chi connectivity index (χ0n) is 15.9. The first kappa shape index (κ1) is 19.5. The summed E-state index contributed by atoms with van der Waals surface area (Å²) in [4.78, 5) is 9.47. The normalized spacial score (nSPS) is 22.1. The van der Waals surface area contributed by atoms with Crippen molar-refractivity contribution in [3.63, 3.8) is 0 Å². The second-order valence-electron chi connectivity index (χ2n) is 7.36. The third kappa shape index (κ3) is 6.95. The zero-order chi connectivity index (χ0) is 17.2. The van der Waals surface area contributed by atoms with Gasteiger partial charge in [-0.15, -0.1) is 0 Å². The van der Waals surface area contributed by atoms with Gasteiger partial charge < -0.3 is 15.4 Å². The Morgan fingerprint density at radius 3 is 2.42 bits per heavy atom. The molecule has 2 saturated heterocycles. The van der Waals surface area contributed by atoms with E-state index in [-0.39, 0.29) is 0 Å². The van der Waals surface area contributed by atoms with Crippen molar-refractivity contribution >= 4 is 5.96 Å². The second kappa shape index (κ2) is 10.9. The van der Waals surface area contributed by atoms with Crippen molar-refractivity contribution in [3.05, 3.63) is 0 Å². The minimum Gasteiger partial charge on any atom is -0.379 e. The summed E-state index contributed by atoms with van der Waals surface area (Å²) in [6.07, 6.45) is 3.94. The Morgan fingerprint density at radius 1 is 1.08 bits per heavy atom. The first-order valence-corrected chi connectivity index (χ1v) is 9.67. The molecule has 0 bridgehead atoms. The van der Waals surface area contributed by atoms with Crippen LogP contribution in [-0.2, 0) is 4.74 Å². The van der Waals surface area contributed by atoms with Crippen LogP contribution in [-0.4, -0.2) is 87.9 Å². The number of guanidine groups is 1. The predicted octanol–water partition coefficient (Wildman–Crippen LogP) is 0.994. The van der Waals surface area contributed by atoms with E-state index in [1.54, 1.807) is 0 Å². The highest BCUT2D eigenvalue weighted by Gasteiger charge is 2.22. The minimum atomic E-state index is 0.616. The van der Waals surface area contributed by atoms with Crippen LogP contribution in [0.3, 0.4) is 0 Å². The lowest BCUT2D eigenvalue weighted by Gasteiger charge is -2.30. The van der Waals surface area contributed by atoms with Crippen LogP contribution in [0.25, 0.3) is 0 Å². The van der Waals surface area contributed by atoms with Crippen LogP contribution in [0.15, 0.2) is 4.99 Å². The van der Waals surface area contributed by atoms with E-state index in [9.17, 15) is 0 Å². The highest BCUT2D eigenvalue weighted by Crippen LogP contribution is 2.17. The molecule has 0 spiro atoms. The molecule has 1 atom stereocenters. The van der Waals surface area contributed by atoms with Gasteiger partial charge in [0.15, 0.2) is 5.96 Å². The molecule has 0 aromatic heterocycles. The summed E-state index contributed by atoms with van der Waals surface area (Å²) in [7, 11) is 1.86. The lowest BCUT2D eigenvalue weighted by Crippen LogP contribution is -2.48. The Morgan fingerprint density at radius 2 is 1.79 bits per heavy atom. The SMILES string of the molecule is CN=C(NCCN1CCOCC1)NCC(CC(C)C)N1CCCC1. The van der Waals surface area contributed by atoms with Crippen molar-refractivity contribution in [1.29, 1.82) is 0 Å². The molecule has 2 N–H and O–H groups in total. The number of ether oxygens (including phenoxy) is 1. The number of hydrogen-bond donors (Lipinski definition) is 2. The molecule has 2 aliphatic rings. The van der Waals surface area contributed by atoms with E-state index >= 15 is 0 Å². The van der Waals surface area contributed by atoms with Crippen LogP contribution in [0.2, 0.25) is 0 Å². The quantitative estimate of drug-likeness (QED) is 0.510. The molecule has 0 radical (unpaired) electrons. The Kier molecular flexibility index (Phi) is 8.84. The minimum absolute atomic E-state index is 0.616. The van der Waals surface area contributed by atoms with Crippen molar-refractivity contribution in [1.82, 2.24) is 20.4 Å². The number of nitrogens with one attached hydrogen (secondary N) is 2. The molecule has 0 amide bonds. The highest BCUT2D eigenvalue weighted by atomic mass is 16.5. The van der Waals surface area contributed by atoms with Crippen molar-refractivity contribution in [2.45, 2.75) is 39.2 Å². The number of rotatable bonds is 8. The number of morpholine rings is 1. The van der Waals surface area contributed by atoms with Crippen LogP contribution in [0, 0.1) is 5.92 Å². The molecule has 0 saturated carbocycles. The van der Waals surface area contributed by atoms with Gasteiger partial charge in [0.1, 0.15) is 0 Å². The van der Waals surface area contributed by atoms with Crippen LogP contribution in [0.4, 0.5) is 0 Å². The highest BCUT2D eigenvalue weighted by molar-refractivity contribution is 5.79. The van der Waals surface area contributed by atoms with E-state index < -0.39 is 0 Å². The lowest BCUT2D eigenvalue weighted by molar-refractivity contribution is 0.0389. The van der Waals surface area contributed by atoms with Crippen molar-refractivity contribution < 1.29 is 4.74 Å². The van der Waals surface area contributed by atoms with Crippen LogP contribution < -0.4 is 10.6 Å². The molecule has 2 heterocycles. The lowest BCUT2D eigenvalue weighted by atomic mass is 10.0. The molecule has 0 aliphatic carbocycles. The molecular weight excluding hydrogens is 302 g/mol. The summed E-state index contributed by atoms with van der Waals surface area (Å²) in [6, 6.07) is 0.616. The fourth-order valence-corrected chi connectivity index (χ4v) is 3.60. The maximum absolute atomic E-state index is 5.39. The van der Waals surface area contributed by atoms with E-state index in [0.29, 0.717) is 6.04 Å². The molecule has 2 fully saturated rings. The van der Waals surface area contributed by atoms with Crippen LogP contribution in [0.5, 0.6) is 0 Å². The van der Waals surface area contributed by atoms with Gasteiger partial charge in [0, 0.05) is 45.8 Å². The third-order valence-corrected chi connectivity index (χ3v) is 4.95. The fraction of sp³-hybridized carbons (Fsp3) is 0.944. The van der Waals surface area contributed by atoms with Gasteiger partial charge in [-0.25, -0.2) is 0 Å². The summed E-state index contributed by atoms with van der Waals surface area (Å²) >= 11 is 0. The topological polar surface area (TPSA) is 52.1 Å². The molecule has 1 unspecified atom stereocenters. The molecule has 0 aromatic carbocycles. The Hall–Kier alpha value is -0.850. The van der Waals surface area contributed by atoms with Crippen molar-refractivity contribution in [2.75, 3.05) is 66.1 Å². The number of hydrogen-bond acceptors (Lipinski definition) is 4. The fourth-order valence-electron chi connectivity index (χ4n) is 3.60. The van der Waals surface area contributed by atoms with Gasteiger partial charge in [-0.1, -0.05) is 13.8 Å². The monoisotopic (exact) mass is 339 g/mol. The first-order chi connectivity index (χ1) is 11.7. The van der Waals surface area contributed by atoms with Gasteiger partial charge in [-0.05, 0) is 38.3 Å². The second-order valence-corrected chi connectivity index (χ2v) is 7.36. The van der Waals surface area contributed by atoms with Crippen molar-refractivity contribution in [3.8, 4) is 0 Å². The summed E-state index contributed by atoms with van der Waals surface area (Å²) < 4.78 is 5.39. The Labute approximate surface area is 148 Å². The van der Waals surface area contributed by atoms with Gasteiger partial charge in [0.2, 0.25) is 0 Å². The summed E-state index contributed by atoms with van der Waals surface area (Å²) in [5.41, 5.74) is 0. The van der Waals surface area contributed by atoms with E-state index in [1.165, 1.54) is 32.4 Å². The Balaban J connectivity index is 1.69. The summed E-state index contributed by atoms with van der Waals surface area (Å²) in [5, 5.41) is 7.00. The number of aliphatic imine (C=N–C) groups is 1. The molecule has 2 aliphatic heterocycles.